The molecule has 1 aromatic carbocycles. The first-order valence-corrected chi connectivity index (χ1v) is 6.06. The number of carbonyl (C=O) groups excluding carboxylic acids is 2. The maximum atomic E-state index is 11.8. The van der Waals surface area contributed by atoms with Gasteiger partial charge in [-0.1, -0.05) is 6.07 Å². The monoisotopic (exact) mass is 278 g/mol. The Bertz CT molecular complexity index is 573. The van der Waals surface area contributed by atoms with E-state index in [1.165, 1.54) is 12.1 Å². The predicted molar refractivity (Wildman–Crippen MR) is 71.4 cm³/mol. The Labute approximate surface area is 114 Å². The normalized spacial score (nSPS) is 14.1. The highest BCUT2D eigenvalue weighted by atomic mass is 16.6. The van der Waals surface area contributed by atoms with Crippen LogP contribution in [0.2, 0.25) is 0 Å². The molecule has 0 saturated carbocycles. The van der Waals surface area contributed by atoms with E-state index in [0.29, 0.717) is 18.8 Å². The summed E-state index contributed by atoms with van der Waals surface area (Å²) in [6.45, 7) is 2.47. The third-order valence-corrected chi connectivity index (χ3v) is 3.02. The number of amides is 3. The number of urea groups is 1. The number of anilines is 1. The van der Waals surface area contributed by atoms with Crippen molar-refractivity contribution in [2.75, 3.05) is 25.0 Å². The van der Waals surface area contributed by atoms with Gasteiger partial charge >= 0.3 is 6.03 Å². The van der Waals surface area contributed by atoms with E-state index in [4.69, 9.17) is 0 Å². The first kappa shape index (κ1) is 13.8. The van der Waals surface area contributed by atoms with Crippen LogP contribution in [-0.2, 0) is 4.79 Å². The molecule has 0 aliphatic carbocycles. The zero-order valence-electron chi connectivity index (χ0n) is 10.9. The molecule has 3 amide bonds. The number of hydrogen-bond acceptors (Lipinski definition) is 5. The van der Waals surface area contributed by atoms with Crippen LogP contribution in [0.15, 0.2) is 18.2 Å². The number of nitrogens with zero attached hydrogens (tertiary/aromatic N) is 2. The smallest absolute Gasteiger partial charge is 0.324 e. The number of non-ortho nitro benzene ring substituents is 1. The Hall–Kier alpha value is -2.64. The lowest BCUT2D eigenvalue weighted by molar-refractivity contribution is -0.384. The number of rotatable bonds is 4. The standard InChI is InChI=1S/C12H14N4O4/c1-8-2-3-9(16(19)20)6-10(8)14-7-11(17)15-5-4-13-12(15)18/h2-3,6,14H,4-5,7H2,1H3,(H,13,18). The minimum Gasteiger partial charge on any atom is -0.376 e. The molecule has 0 bridgehead atoms. The summed E-state index contributed by atoms with van der Waals surface area (Å²) in [5, 5.41) is 16.1. The molecule has 1 aromatic rings. The molecule has 0 radical (unpaired) electrons. The lowest BCUT2D eigenvalue weighted by Gasteiger charge is -2.14. The van der Waals surface area contributed by atoms with Gasteiger partial charge in [-0.3, -0.25) is 19.8 Å². The maximum absolute atomic E-state index is 11.8. The van der Waals surface area contributed by atoms with Gasteiger partial charge in [-0.15, -0.1) is 0 Å². The van der Waals surface area contributed by atoms with Crippen molar-refractivity contribution < 1.29 is 14.5 Å². The van der Waals surface area contributed by atoms with Crippen molar-refractivity contribution >= 4 is 23.3 Å². The van der Waals surface area contributed by atoms with Gasteiger partial charge in [-0.05, 0) is 12.5 Å². The lowest BCUT2D eigenvalue weighted by atomic mass is 10.2. The second-order valence-electron chi connectivity index (χ2n) is 4.39. The number of carbonyl (C=O) groups is 2. The van der Waals surface area contributed by atoms with Crippen LogP contribution in [0, 0.1) is 17.0 Å². The van der Waals surface area contributed by atoms with E-state index < -0.39 is 11.0 Å². The fraction of sp³-hybridized carbons (Fsp3) is 0.333. The molecule has 1 aliphatic rings. The number of benzene rings is 1. The van der Waals surface area contributed by atoms with Gasteiger partial charge in [0, 0.05) is 30.9 Å². The number of nitro benzene ring substituents is 1. The van der Waals surface area contributed by atoms with E-state index in [1.807, 2.05) is 0 Å². The van der Waals surface area contributed by atoms with Crippen molar-refractivity contribution in [1.29, 1.82) is 0 Å². The molecule has 8 nitrogen and oxygen atoms in total. The third kappa shape index (κ3) is 2.85. The molecular weight excluding hydrogens is 264 g/mol. The molecule has 1 heterocycles. The van der Waals surface area contributed by atoms with E-state index in [-0.39, 0.29) is 18.1 Å². The lowest BCUT2D eigenvalue weighted by Crippen LogP contribution is -2.38. The highest BCUT2D eigenvalue weighted by Crippen LogP contribution is 2.21. The molecule has 0 aromatic heterocycles. The van der Waals surface area contributed by atoms with Gasteiger partial charge in [-0.25, -0.2) is 4.79 Å². The second-order valence-corrected chi connectivity index (χ2v) is 4.39. The molecule has 2 N–H and O–H groups in total. The summed E-state index contributed by atoms with van der Waals surface area (Å²) in [7, 11) is 0. The van der Waals surface area contributed by atoms with E-state index in [1.54, 1.807) is 13.0 Å². The first-order valence-electron chi connectivity index (χ1n) is 6.06. The second kappa shape index (κ2) is 5.55. The molecule has 1 fully saturated rings. The van der Waals surface area contributed by atoms with Crippen LogP contribution in [0.4, 0.5) is 16.2 Å². The van der Waals surface area contributed by atoms with E-state index in [0.717, 1.165) is 10.5 Å². The van der Waals surface area contributed by atoms with E-state index in [2.05, 4.69) is 10.6 Å². The summed E-state index contributed by atoms with van der Waals surface area (Å²) in [4.78, 5) is 34.5. The SMILES string of the molecule is Cc1ccc([N+](=O)[O-])cc1NCC(=O)N1CCNC1=O. The first-order chi connectivity index (χ1) is 9.49. The topological polar surface area (TPSA) is 105 Å². The van der Waals surface area contributed by atoms with Gasteiger partial charge in [-0.2, -0.15) is 0 Å². The molecule has 8 heteroatoms. The highest BCUT2D eigenvalue weighted by Gasteiger charge is 2.25. The Morgan fingerprint density at radius 1 is 1.55 bits per heavy atom. The molecule has 1 saturated heterocycles. The molecule has 0 atom stereocenters. The summed E-state index contributed by atoms with van der Waals surface area (Å²) in [5.74, 6) is -0.370. The number of hydrogen-bond donors (Lipinski definition) is 2. The number of aryl methyl sites for hydroxylation is 1. The van der Waals surface area contributed by atoms with Crippen LogP contribution < -0.4 is 10.6 Å². The number of nitrogens with one attached hydrogen (secondary N) is 2. The quantitative estimate of drug-likeness (QED) is 0.628. The molecule has 106 valence electrons. The summed E-state index contributed by atoms with van der Waals surface area (Å²) in [6, 6.07) is 3.96. The van der Waals surface area contributed by atoms with Crippen molar-refractivity contribution in [1.82, 2.24) is 10.2 Å². The average molecular weight is 278 g/mol. The Kier molecular flexibility index (Phi) is 3.83. The fourth-order valence-corrected chi connectivity index (χ4v) is 1.89. The highest BCUT2D eigenvalue weighted by molar-refractivity contribution is 5.97. The molecule has 1 aliphatic heterocycles. The van der Waals surface area contributed by atoms with Gasteiger partial charge in [0.15, 0.2) is 0 Å². The molecule has 2 rings (SSSR count). The largest absolute Gasteiger partial charge is 0.376 e. The van der Waals surface area contributed by atoms with Gasteiger partial charge in [0.1, 0.15) is 0 Å². The number of nitro groups is 1. The Morgan fingerprint density at radius 3 is 2.90 bits per heavy atom. The summed E-state index contributed by atoms with van der Waals surface area (Å²) >= 11 is 0. The minimum absolute atomic E-state index is 0.0514. The van der Waals surface area contributed by atoms with Gasteiger partial charge in [0.05, 0.1) is 11.5 Å². The zero-order valence-corrected chi connectivity index (χ0v) is 10.9. The van der Waals surface area contributed by atoms with Crippen molar-refractivity contribution in [3.63, 3.8) is 0 Å². The van der Waals surface area contributed by atoms with Crippen LogP contribution in [0.5, 0.6) is 0 Å². The predicted octanol–water partition coefficient (Wildman–Crippen LogP) is 0.867. The van der Waals surface area contributed by atoms with Crippen LogP contribution in [0.25, 0.3) is 0 Å². The Morgan fingerprint density at radius 2 is 2.30 bits per heavy atom. The van der Waals surface area contributed by atoms with Crippen molar-refractivity contribution in [2.24, 2.45) is 0 Å². The van der Waals surface area contributed by atoms with Crippen molar-refractivity contribution in [2.45, 2.75) is 6.92 Å². The van der Waals surface area contributed by atoms with E-state index in [9.17, 15) is 19.7 Å². The third-order valence-electron chi connectivity index (χ3n) is 3.02. The van der Waals surface area contributed by atoms with Crippen LogP contribution >= 0.6 is 0 Å². The fourth-order valence-electron chi connectivity index (χ4n) is 1.89. The van der Waals surface area contributed by atoms with E-state index >= 15 is 0 Å². The van der Waals surface area contributed by atoms with Crippen LogP contribution in [-0.4, -0.2) is 41.4 Å². The van der Waals surface area contributed by atoms with Crippen LogP contribution in [0.1, 0.15) is 5.56 Å². The average Bonchev–Trinajstić information content (AvgIpc) is 2.83. The summed E-state index contributed by atoms with van der Waals surface area (Å²) < 4.78 is 0. The summed E-state index contributed by atoms with van der Waals surface area (Å²) in [5.41, 5.74) is 1.24. The van der Waals surface area contributed by atoms with Crippen molar-refractivity contribution in [3.05, 3.63) is 33.9 Å². The molecular formula is C12H14N4O4. The van der Waals surface area contributed by atoms with Crippen LogP contribution in [0.3, 0.4) is 0 Å². The van der Waals surface area contributed by atoms with Crippen molar-refractivity contribution in [3.8, 4) is 0 Å². The summed E-state index contributed by atoms with van der Waals surface area (Å²) in [6.07, 6.45) is 0. The van der Waals surface area contributed by atoms with Gasteiger partial charge in [0.2, 0.25) is 5.91 Å². The maximum Gasteiger partial charge on any atom is 0.324 e. The van der Waals surface area contributed by atoms with Gasteiger partial charge < -0.3 is 10.6 Å². The molecule has 0 spiro atoms. The minimum atomic E-state index is -0.500. The van der Waals surface area contributed by atoms with Gasteiger partial charge in [0.25, 0.3) is 5.69 Å². The molecule has 20 heavy (non-hydrogen) atoms. The number of imide groups is 1. The zero-order chi connectivity index (χ0) is 14.7. The Balaban J connectivity index is 2.03. The molecule has 0 unspecified atom stereocenters.